The van der Waals surface area contributed by atoms with Crippen molar-refractivity contribution in [2.45, 2.75) is 36.6 Å². The zero-order chi connectivity index (χ0) is 23.0. The molecule has 0 bridgehead atoms. The van der Waals surface area contributed by atoms with Crippen LogP contribution in [0, 0.1) is 11.8 Å². The number of anilines is 1. The van der Waals surface area contributed by atoms with Gasteiger partial charge in [0, 0.05) is 36.7 Å². The van der Waals surface area contributed by atoms with Gasteiger partial charge in [0.1, 0.15) is 10.6 Å². The van der Waals surface area contributed by atoms with Gasteiger partial charge in [-0.2, -0.15) is 0 Å². The molecule has 0 amide bonds. The number of ether oxygens (including phenoxy) is 1. The van der Waals surface area contributed by atoms with E-state index in [9.17, 15) is 17.2 Å². The largest absolute Gasteiger partial charge is 0.381 e. The van der Waals surface area contributed by atoms with Gasteiger partial charge in [0.25, 0.3) is 6.43 Å². The molecule has 5 heterocycles. The number of alkyl halides is 2. The maximum absolute atomic E-state index is 13.2. The minimum Gasteiger partial charge on any atom is -0.381 e. The van der Waals surface area contributed by atoms with Gasteiger partial charge in [-0.05, 0) is 25.8 Å². The fraction of sp³-hybridized carbons (Fsp3) is 0.550. The molecule has 9 nitrogen and oxygen atoms in total. The number of aromatic nitrogens is 4. The zero-order valence-electron chi connectivity index (χ0n) is 17.7. The van der Waals surface area contributed by atoms with Crippen LogP contribution >= 0.6 is 11.3 Å². The highest BCUT2D eigenvalue weighted by Gasteiger charge is 2.42. The first-order chi connectivity index (χ1) is 15.7. The summed E-state index contributed by atoms with van der Waals surface area (Å²) in [6.45, 7) is 4.74. The lowest BCUT2D eigenvalue weighted by Gasteiger charge is -2.22. The Bertz CT molecular complexity index is 1320. The molecule has 176 valence electrons. The summed E-state index contributed by atoms with van der Waals surface area (Å²) in [6, 6.07) is 1.66. The average Bonchev–Trinajstić information content (AvgIpc) is 3.27. The van der Waals surface area contributed by atoms with Crippen molar-refractivity contribution in [1.82, 2.24) is 24.3 Å². The van der Waals surface area contributed by atoms with Gasteiger partial charge in [-0.3, -0.25) is 4.40 Å². The molecule has 2 atom stereocenters. The number of hydrogen-bond acceptors (Lipinski definition) is 8. The van der Waals surface area contributed by atoms with Crippen LogP contribution in [0.3, 0.4) is 0 Å². The van der Waals surface area contributed by atoms with Gasteiger partial charge in [0.15, 0.2) is 15.7 Å². The van der Waals surface area contributed by atoms with Crippen molar-refractivity contribution < 1.29 is 21.9 Å². The molecule has 1 N–H and O–H groups in total. The third kappa shape index (κ3) is 3.70. The summed E-state index contributed by atoms with van der Waals surface area (Å²) in [5.41, 5.74) is 1.24. The Morgan fingerprint density at radius 2 is 1.97 bits per heavy atom. The summed E-state index contributed by atoms with van der Waals surface area (Å²) >= 11 is 0.770. The second-order valence-corrected chi connectivity index (χ2v) is 12.0. The van der Waals surface area contributed by atoms with Gasteiger partial charge in [-0.1, -0.05) is 11.3 Å². The van der Waals surface area contributed by atoms with E-state index in [0.29, 0.717) is 42.1 Å². The van der Waals surface area contributed by atoms with E-state index in [-0.39, 0.29) is 14.9 Å². The molecule has 6 rings (SSSR count). The van der Waals surface area contributed by atoms with Gasteiger partial charge < -0.3 is 9.64 Å². The quantitative estimate of drug-likeness (QED) is 0.560. The average molecular weight is 497 g/mol. The number of hydrogen-bond donors (Lipinski definition) is 1. The molecule has 2 aliphatic heterocycles. The minimum absolute atomic E-state index is 0.101. The normalized spacial score (nSPS) is 24.2. The summed E-state index contributed by atoms with van der Waals surface area (Å²) in [5, 5.41) is 7.33. The maximum Gasteiger partial charge on any atom is 0.291 e. The van der Waals surface area contributed by atoms with Crippen molar-refractivity contribution in [3.05, 3.63) is 23.5 Å². The van der Waals surface area contributed by atoms with Crippen molar-refractivity contribution in [3.63, 3.8) is 0 Å². The van der Waals surface area contributed by atoms with Crippen LogP contribution in [-0.4, -0.2) is 59.8 Å². The number of imidazole rings is 1. The van der Waals surface area contributed by atoms with Crippen LogP contribution in [0.25, 0.3) is 16.3 Å². The van der Waals surface area contributed by atoms with Gasteiger partial charge in [-0.25, -0.2) is 26.9 Å². The SMILES string of the molecule is CC1(NS(=O)(=O)c2cc(N3C[C@@H]4COC[C@H]4C3)c3ncc(-c4nnc(C(F)F)s4)n3c2)CC1. The number of rotatable bonds is 6. The smallest absolute Gasteiger partial charge is 0.291 e. The Kier molecular flexibility index (Phi) is 4.77. The Hall–Kier alpha value is -2.22. The van der Waals surface area contributed by atoms with Crippen molar-refractivity contribution >= 4 is 32.7 Å². The molecule has 2 saturated heterocycles. The van der Waals surface area contributed by atoms with E-state index in [1.165, 1.54) is 12.4 Å². The van der Waals surface area contributed by atoms with Crippen molar-refractivity contribution in [3.8, 4) is 10.7 Å². The van der Waals surface area contributed by atoms with Crippen LogP contribution in [0.4, 0.5) is 14.5 Å². The van der Waals surface area contributed by atoms with E-state index < -0.39 is 22.0 Å². The number of fused-ring (bicyclic) bond motifs is 2. The van der Waals surface area contributed by atoms with Gasteiger partial charge in [0.05, 0.1) is 25.1 Å². The van der Waals surface area contributed by atoms with E-state index >= 15 is 0 Å². The Morgan fingerprint density at radius 1 is 1.24 bits per heavy atom. The van der Waals surface area contributed by atoms with Crippen LogP contribution in [0.15, 0.2) is 23.4 Å². The molecule has 0 aromatic carbocycles. The van der Waals surface area contributed by atoms with E-state index in [2.05, 4.69) is 24.8 Å². The molecule has 3 aliphatic rings. The predicted octanol–water partition coefficient (Wildman–Crippen LogP) is 2.70. The first-order valence-electron chi connectivity index (χ1n) is 10.7. The van der Waals surface area contributed by atoms with E-state index in [1.807, 2.05) is 6.92 Å². The van der Waals surface area contributed by atoms with Gasteiger partial charge >= 0.3 is 0 Å². The standard InChI is InChI=1S/C20H22F2N6O3S2/c1-20(2-3-20)26-33(29,30)13-4-14(27-6-11-9-31-10-12(11)7-27)17-23-5-15(28(17)8-13)18-24-25-19(32-18)16(21)22/h4-5,8,11-12,16,26H,2-3,6-7,9-10H2,1H3/t11-,12-/m1/s1. The maximum atomic E-state index is 13.2. The molecular formula is C20H22F2N6O3S2. The highest BCUT2D eigenvalue weighted by Crippen LogP contribution is 2.39. The third-order valence-electron chi connectivity index (χ3n) is 6.68. The van der Waals surface area contributed by atoms with Gasteiger partial charge in [-0.15, -0.1) is 10.2 Å². The summed E-state index contributed by atoms with van der Waals surface area (Å²) in [6.07, 6.45) is 1.86. The molecular weight excluding hydrogens is 474 g/mol. The highest BCUT2D eigenvalue weighted by atomic mass is 32.2. The first kappa shape index (κ1) is 21.3. The topological polar surface area (TPSA) is 102 Å². The first-order valence-corrected chi connectivity index (χ1v) is 13.0. The number of sulfonamides is 1. The van der Waals surface area contributed by atoms with Gasteiger partial charge in [0.2, 0.25) is 10.0 Å². The molecule has 33 heavy (non-hydrogen) atoms. The predicted molar refractivity (Wildman–Crippen MR) is 117 cm³/mol. The second kappa shape index (κ2) is 7.39. The highest BCUT2D eigenvalue weighted by molar-refractivity contribution is 7.89. The fourth-order valence-electron chi connectivity index (χ4n) is 4.57. The molecule has 0 unspecified atom stereocenters. The summed E-state index contributed by atoms with van der Waals surface area (Å²) in [4.78, 5) is 6.77. The fourth-order valence-corrected chi connectivity index (χ4v) is 6.75. The molecule has 3 aromatic rings. The minimum atomic E-state index is -3.81. The number of nitrogens with zero attached hydrogens (tertiary/aromatic N) is 5. The van der Waals surface area contributed by atoms with Crippen LogP contribution in [0.2, 0.25) is 0 Å². The molecule has 0 radical (unpaired) electrons. The number of nitrogens with one attached hydrogen (secondary N) is 1. The van der Waals surface area contributed by atoms with Crippen LogP contribution in [-0.2, 0) is 14.8 Å². The summed E-state index contributed by atoms with van der Waals surface area (Å²) < 4.78 is 62.7. The van der Waals surface area contributed by atoms with Crippen LogP contribution in [0.1, 0.15) is 31.2 Å². The molecule has 0 spiro atoms. The van der Waals surface area contributed by atoms with E-state index in [4.69, 9.17) is 4.74 Å². The van der Waals surface area contributed by atoms with Crippen molar-refractivity contribution in [1.29, 1.82) is 0 Å². The summed E-state index contributed by atoms with van der Waals surface area (Å²) in [7, 11) is -3.81. The number of pyridine rings is 1. The molecule has 13 heteroatoms. The van der Waals surface area contributed by atoms with Crippen LogP contribution in [0.5, 0.6) is 0 Å². The Morgan fingerprint density at radius 3 is 2.61 bits per heavy atom. The molecule has 1 aliphatic carbocycles. The second-order valence-electron chi connectivity index (χ2n) is 9.27. The molecule has 3 fully saturated rings. The lowest BCUT2D eigenvalue weighted by molar-refractivity contribution is 0.150. The monoisotopic (exact) mass is 496 g/mol. The van der Waals surface area contributed by atoms with E-state index in [1.54, 1.807) is 10.5 Å². The molecule has 1 saturated carbocycles. The lowest BCUT2D eigenvalue weighted by Crippen LogP contribution is -2.34. The van der Waals surface area contributed by atoms with Crippen molar-refractivity contribution in [2.24, 2.45) is 11.8 Å². The number of halogens is 2. The van der Waals surface area contributed by atoms with Crippen molar-refractivity contribution in [2.75, 3.05) is 31.2 Å². The van der Waals surface area contributed by atoms with E-state index in [0.717, 1.165) is 37.3 Å². The zero-order valence-corrected chi connectivity index (χ0v) is 19.4. The lowest BCUT2D eigenvalue weighted by atomic mass is 10.0. The Labute approximate surface area is 192 Å². The Balaban J connectivity index is 1.48. The summed E-state index contributed by atoms with van der Waals surface area (Å²) in [5.74, 6) is 0.778. The van der Waals surface area contributed by atoms with Crippen LogP contribution < -0.4 is 9.62 Å². The molecule has 3 aromatic heterocycles. The third-order valence-corrected chi connectivity index (χ3v) is 9.24.